The molecule has 0 saturated carbocycles. The van der Waals surface area contributed by atoms with Crippen LogP contribution in [-0.2, 0) is 4.43 Å². The summed E-state index contributed by atoms with van der Waals surface area (Å²) < 4.78 is 5.60. The molecule has 0 aromatic rings. The smallest absolute Gasteiger partial charge is 0.263 e. The lowest BCUT2D eigenvalue weighted by Crippen LogP contribution is -2.28. The normalized spacial score (nSPS) is 12.0. The minimum absolute atomic E-state index is 1.26. The fourth-order valence-corrected chi connectivity index (χ4v) is 5.31. The Balaban J connectivity index is 3.70. The van der Waals surface area contributed by atoms with Crippen molar-refractivity contribution in [2.24, 2.45) is 0 Å². The predicted molar refractivity (Wildman–Crippen MR) is 61.1 cm³/mol. The van der Waals surface area contributed by atoms with Crippen LogP contribution in [0.2, 0.25) is 12.1 Å². The van der Waals surface area contributed by atoms with Crippen LogP contribution in [0.15, 0.2) is 0 Å². The Bertz CT molecular complexity index is 101. The second-order valence-electron chi connectivity index (χ2n) is 3.29. The molecule has 0 aromatic heterocycles. The molecule has 12 heavy (non-hydrogen) atoms. The van der Waals surface area contributed by atoms with Crippen LogP contribution in [0.3, 0.4) is 0 Å². The van der Waals surface area contributed by atoms with E-state index in [0.717, 1.165) is 0 Å². The van der Waals surface area contributed by atoms with E-state index in [4.69, 9.17) is 4.43 Å². The first kappa shape index (κ1) is 12.7. The number of hydrogen-bond acceptors (Lipinski definition) is 1. The molecule has 0 radical (unpaired) electrons. The molecule has 0 N–H and O–H groups in total. The minimum atomic E-state index is -1.45. The third-order valence-electron chi connectivity index (χ3n) is 2.17. The summed E-state index contributed by atoms with van der Waals surface area (Å²) in [6.07, 6.45) is 5.15. The molecule has 0 aromatic carbocycles. The summed E-state index contributed by atoms with van der Waals surface area (Å²) in [5.41, 5.74) is 0. The van der Waals surface area contributed by atoms with Crippen LogP contribution in [0.25, 0.3) is 0 Å². The minimum Gasteiger partial charge on any atom is -0.410 e. The molecular formula is C9H21BrOSi. The molecule has 0 spiro atoms. The van der Waals surface area contributed by atoms with Crippen LogP contribution in [0.1, 0.15) is 39.5 Å². The van der Waals surface area contributed by atoms with Gasteiger partial charge < -0.3 is 4.43 Å². The lowest BCUT2D eigenvalue weighted by Gasteiger charge is -2.22. The van der Waals surface area contributed by atoms with E-state index in [1.807, 2.05) is 7.11 Å². The van der Waals surface area contributed by atoms with Gasteiger partial charge in [-0.2, -0.15) is 0 Å². The zero-order valence-corrected chi connectivity index (χ0v) is 11.1. The second-order valence-corrected chi connectivity index (χ2v) is 10.8. The van der Waals surface area contributed by atoms with Gasteiger partial charge >= 0.3 is 0 Å². The van der Waals surface area contributed by atoms with Gasteiger partial charge in [-0.1, -0.05) is 54.8 Å². The molecule has 0 unspecified atom stereocenters. The Labute approximate surface area is 85.6 Å². The maximum Gasteiger partial charge on any atom is 0.263 e. The monoisotopic (exact) mass is 252 g/mol. The number of unbranched alkanes of at least 4 members (excludes halogenated alkanes) is 2. The molecule has 0 aliphatic carbocycles. The fourth-order valence-electron chi connectivity index (χ4n) is 1.21. The van der Waals surface area contributed by atoms with Crippen LogP contribution in [0.4, 0.5) is 0 Å². The van der Waals surface area contributed by atoms with Gasteiger partial charge in [-0.25, -0.2) is 0 Å². The Hall–Kier alpha value is 0.657. The number of halogens is 1. The van der Waals surface area contributed by atoms with Crippen LogP contribution in [-0.4, -0.2) is 14.0 Å². The van der Waals surface area contributed by atoms with E-state index in [1.165, 1.54) is 37.8 Å². The van der Waals surface area contributed by atoms with Crippen molar-refractivity contribution in [2.45, 2.75) is 51.6 Å². The average Bonchev–Trinajstić information content (AvgIpc) is 2.11. The average molecular weight is 253 g/mol. The van der Waals surface area contributed by atoms with Gasteiger partial charge in [0.1, 0.15) is 0 Å². The van der Waals surface area contributed by atoms with Crippen LogP contribution in [0, 0.1) is 0 Å². The summed E-state index contributed by atoms with van der Waals surface area (Å²) >= 11 is 3.80. The van der Waals surface area contributed by atoms with Crippen molar-refractivity contribution in [1.82, 2.24) is 0 Å². The first-order valence-corrected chi connectivity index (χ1v) is 9.50. The van der Waals surface area contributed by atoms with E-state index >= 15 is 0 Å². The number of rotatable bonds is 7. The largest absolute Gasteiger partial charge is 0.410 e. The highest BCUT2D eigenvalue weighted by Crippen LogP contribution is 2.28. The molecule has 0 amide bonds. The summed E-state index contributed by atoms with van der Waals surface area (Å²) in [6.45, 7) is 3.01. The van der Waals surface area contributed by atoms with E-state index in [-0.39, 0.29) is 0 Å². The zero-order chi connectivity index (χ0) is 9.45. The Morgan fingerprint density at radius 3 is 1.75 bits per heavy atom. The Morgan fingerprint density at radius 1 is 1.08 bits per heavy atom. The van der Waals surface area contributed by atoms with Gasteiger partial charge in [0.05, 0.1) is 0 Å². The Kier molecular flexibility index (Phi) is 7.49. The van der Waals surface area contributed by atoms with E-state index in [2.05, 4.69) is 29.1 Å². The van der Waals surface area contributed by atoms with Crippen molar-refractivity contribution >= 4 is 22.2 Å². The third kappa shape index (κ3) is 5.33. The summed E-state index contributed by atoms with van der Waals surface area (Å²) in [5, 5.41) is 0. The van der Waals surface area contributed by atoms with Crippen LogP contribution < -0.4 is 0 Å². The molecule has 0 heterocycles. The summed E-state index contributed by atoms with van der Waals surface area (Å²) in [6, 6.07) is 2.53. The molecule has 74 valence electrons. The van der Waals surface area contributed by atoms with Gasteiger partial charge in [0.15, 0.2) is 0 Å². The van der Waals surface area contributed by atoms with Gasteiger partial charge in [-0.3, -0.25) is 0 Å². The van der Waals surface area contributed by atoms with Crippen molar-refractivity contribution in [3.63, 3.8) is 0 Å². The van der Waals surface area contributed by atoms with Gasteiger partial charge in [-0.05, 0) is 12.1 Å². The fraction of sp³-hybridized carbons (Fsp3) is 1.00. The first-order chi connectivity index (χ1) is 5.68. The first-order valence-electron chi connectivity index (χ1n) is 4.92. The van der Waals surface area contributed by atoms with E-state index in [0.29, 0.717) is 0 Å². The van der Waals surface area contributed by atoms with Crippen molar-refractivity contribution < 1.29 is 4.43 Å². The maximum absolute atomic E-state index is 5.60. The maximum atomic E-state index is 5.60. The molecule has 1 nitrogen and oxygen atoms in total. The van der Waals surface area contributed by atoms with E-state index < -0.39 is 6.94 Å². The molecular weight excluding hydrogens is 232 g/mol. The van der Waals surface area contributed by atoms with Crippen molar-refractivity contribution in [1.29, 1.82) is 0 Å². The molecule has 0 atom stereocenters. The molecule has 0 fully saturated rings. The summed E-state index contributed by atoms with van der Waals surface area (Å²) in [4.78, 5) is 0. The highest BCUT2D eigenvalue weighted by Gasteiger charge is 2.28. The quantitative estimate of drug-likeness (QED) is 0.491. The molecule has 0 rings (SSSR count). The predicted octanol–water partition coefficient (Wildman–Crippen LogP) is 4.07. The van der Waals surface area contributed by atoms with Crippen molar-refractivity contribution in [3.8, 4) is 0 Å². The second kappa shape index (κ2) is 7.10. The van der Waals surface area contributed by atoms with Gasteiger partial charge in [-0.15, -0.1) is 0 Å². The van der Waals surface area contributed by atoms with Crippen LogP contribution in [0.5, 0.6) is 0 Å². The standard InChI is InChI=1S/C9H21BrOSi/c1-4-6-8-12(10,11-3)9-7-5-2/h4-9H2,1-3H3. The van der Waals surface area contributed by atoms with Crippen LogP contribution >= 0.6 is 15.3 Å². The lowest BCUT2D eigenvalue weighted by molar-refractivity contribution is 0.408. The molecule has 0 saturated heterocycles. The summed E-state index contributed by atoms with van der Waals surface area (Å²) in [7, 11) is 1.85. The molecule has 3 heteroatoms. The molecule has 0 aliphatic rings. The SMILES string of the molecule is CCCC[Si](Br)(CCCC)OC. The summed E-state index contributed by atoms with van der Waals surface area (Å²) in [5.74, 6) is 0. The molecule has 0 aliphatic heterocycles. The highest BCUT2D eigenvalue weighted by atomic mass is 79.9. The van der Waals surface area contributed by atoms with Crippen molar-refractivity contribution in [2.75, 3.05) is 7.11 Å². The van der Waals surface area contributed by atoms with E-state index in [1.54, 1.807) is 0 Å². The number of hydrogen-bond donors (Lipinski definition) is 0. The highest BCUT2D eigenvalue weighted by molar-refractivity contribution is 9.25. The zero-order valence-electron chi connectivity index (χ0n) is 8.53. The van der Waals surface area contributed by atoms with E-state index in [9.17, 15) is 0 Å². The molecule has 0 bridgehead atoms. The third-order valence-corrected chi connectivity index (χ3v) is 8.46. The Morgan fingerprint density at radius 2 is 1.50 bits per heavy atom. The van der Waals surface area contributed by atoms with Gasteiger partial charge in [0, 0.05) is 7.11 Å². The van der Waals surface area contributed by atoms with Crippen molar-refractivity contribution in [3.05, 3.63) is 0 Å². The van der Waals surface area contributed by atoms with Gasteiger partial charge in [0.25, 0.3) is 6.94 Å². The topological polar surface area (TPSA) is 9.23 Å². The lowest BCUT2D eigenvalue weighted by atomic mass is 10.4. The van der Waals surface area contributed by atoms with Gasteiger partial charge in [0.2, 0.25) is 0 Å².